The summed E-state index contributed by atoms with van der Waals surface area (Å²) in [4.78, 5) is 51.5. The molecule has 186 valence electrons. The summed E-state index contributed by atoms with van der Waals surface area (Å²) in [6, 6.07) is 13.3. The van der Waals surface area contributed by atoms with Gasteiger partial charge >= 0.3 is 11.9 Å². The number of thioether (sulfide) groups is 1. The summed E-state index contributed by atoms with van der Waals surface area (Å²) in [5, 5.41) is 2.61. The Labute approximate surface area is 209 Å². The molecule has 0 bridgehead atoms. The van der Waals surface area contributed by atoms with E-state index in [9.17, 15) is 19.2 Å². The minimum atomic E-state index is -0.641. The van der Waals surface area contributed by atoms with Crippen LogP contribution in [0.1, 0.15) is 52.8 Å². The lowest BCUT2D eigenvalue weighted by molar-refractivity contribution is -0.129. The fourth-order valence-corrected chi connectivity index (χ4v) is 4.85. The molecule has 0 saturated heterocycles. The first kappa shape index (κ1) is 26.3. The molecule has 0 aromatic heterocycles. The van der Waals surface area contributed by atoms with Crippen molar-refractivity contribution in [3.63, 3.8) is 0 Å². The van der Waals surface area contributed by atoms with Gasteiger partial charge in [-0.05, 0) is 49.2 Å². The molecule has 0 atom stereocenters. The number of hydrogen-bond donors (Lipinski definition) is 1. The maximum absolute atomic E-state index is 12.7. The number of ether oxygens (including phenoxy) is 2. The van der Waals surface area contributed by atoms with Crippen LogP contribution in [0.4, 0.5) is 5.69 Å². The zero-order valence-electron chi connectivity index (χ0n) is 20.0. The predicted octanol–water partition coefficient (Wildman–Crippen LogP) is 4.15. The highest BCUT2D eigenvalue weighted by Crippen LogP contribution is 2.26. The number of esters is 2. The Morgan fingerprint density at radius 2 is 1.66 bits per heavy atom. The molecule has 8 nitrogen and oxygen atoms in total. The monoisotopic (exact) mass is 498 g/mol. The van der Waals surface area contributed by atoms with Gasteiger partial charge in [0.05, 0.1) is 24.0 Å². The average Bonchev–Trinajstić information content (AvgIpc) is 2.90. The second kappa shape index (κ2) is 12.9. The van der Waals surface area contributed by atoms with Crippen LogP contribution in [0.2, 0.25) is 0 Å². The molecule has 2 aromatic rings. The highest BCUT2D eigenvalue weighted by atomic mass is 32.2. The molecule has 2 amide bonds. The number of carbonyl (C=O) groups excluding carboxylic acids is 4. The average molecular weight is 499 g/mol. The van der Waals surface area contributed by atoms with Crippen LogP contribution < -0.4 is 5.32 Å². The zero-order valence-corrected chi connectivity index (χ0v) is 20.8. The lowest BCUT2D eigenvalue weighted by Crippen LogP contribution is -2.39. The molecule has 0 aliphatic heterocycles. The van der Waals surface area contributed by atoms with Gasteiger partial charge in [-0.15, -0.1) is 11.8 Å². The van der Waals surface area contributed by atoms with Crippen LogP contribution in [0.15, 0.2) is 53.4 Å². The molecule has 1 aliphatic carbocycles. The Kier molecular flexibility index (Phi) is 9.72. The van der Waals surface area contributed by atoms with E-state index in [1.54, 1.807) is 36.4 Å². The molecule has 35 heavy (non-hydrogen) atoms. The first-order valence-corrected chi connectivity index (χ1v) is 12.5. The number of carbonyl (C=O) groups is 4. The summed E-state index contributed by atoms with van der Waals surface area (Å²) in [5.41, 5.74) is 1.12. The SMILES string of the molecule is COC(=O)c1ccc(NC(=O)COC(=O)c2ccccc2SCC(=O)N(C)C2CCCCC2)cc1. The van der Waals surface area contributed by atoms with Gasteiger partial charge in [-0.25, -0.2) is 9.59 Å². The van der Waals surface area contributed by atoms with Gasteiger partial charge in [0.1, 0.15) is 0 Å². The third kappa shape index (κ3) is 7.58. The van der Waals surface area contributed by atoms with Gasteiger partial charge < -0.3 is 19.7 Å². The molecule has 9 heteroatoms. The third-order valence-corrected chi connectivity index (χ3v) is 6.96. The number of anilines is 1. The van der Waals surface area contributed by atoms with Crippen molar-refractivity contribution < 1.29 is 28.7 Å². The standard InChI is InChI=1S/C26H30N2O6S/c1-28(20-8-4-3-5-9-20)24(30)17-35-22-11-7-6-10-21(22)26(32)34-16-23(29)27-19-14-12-18(13-15-19)25(31)33-2/h6-7,10-15,20H,3-5,8-9,16-17H2,1-2H3,(H,27,29). The van der Waals surface area contributed by atoms with E-state index in [1.807, 2.05) is 11.9 Å². The van der Waals surface area contributed by atoms with E-state index < -0.39 is 24.5 Å². The van der Waals surface area contributed by atoms with Gasteiger partial charge in [0.15, 0.2) is 6.61 Å². The lowest BCUT2D eigenvalue weighted by Gasteiger charge is -2.31. The van der Waals surface area contributed by atoms with E-state index in [4.69, 9.17) is 4.74 Å². The molecule has 0 radical (unpaired) electrons. The summed E-state index contributed by atoms with van der Waals surface area (Å²) < 4.78 is 9.83. The van der Waals surface area contributed by atoms with E-state index in [-0.39, 0.29) is 17.7 Å². The van der Waals surface area contributed by atoms with Gasteiger partial charge in [-0.2, -0.15) is 0 Å². The first-order chi connectivity index (χ1) is 16.9. The summed E-state index contributed by atoms with van der Waals surface area (Å²) in [6.45, 7) is -0.472. The number of hydrogen-bond acceptors (Lipinski definition) is 7. The van der Waals surface area contributed by atoms with Gasteiger partial charge in [-0.1, -0.05) is 31.4 Å². The van der Waals surface area contributed by atoms with E-state index in [1.165, 1.54) is 37.4 Å². The maximum Gasteiger partial charge on any atom is 0.339 e. The molecule has 0 unspecified atom stereocenters. The van der Waals surface area contributed by atoms with Gasteiger partial charge in [0, 0.05) is 23.7 Å². The number of rotatable bonds is 9. The minimum Gasteiger partial charge on any atom is -0.465 e. The lowest BCUT2D eigenvalue weighted by atomic mass is 9.94. The molecule has 1 saturated carbocycles. The minimum absolute atomic E-state index is 0.0302. The van der Waals surface area contributed by atoms with Crippen molar-refractivity contribution in [2.45, 2.75) is 43.0 Å². The largest absolute Gasteiger partial charge is 0.465 e. The van der Waals surface area contributed by atoms with Crippen LogP contribution in [0.25, 0.3) is 0 Å². The Morgan fingerprint density at radius 1 is 0.971 bits per heavy atom. The topological polar surface area (TPSA) is 102 Å². The number of benzene rings is 2. The van der Waals surface area contributed by atoms with Gasteiger partial charge in [-0.3, -0.25) is 9.59 Å². The van der Waals surface area contributed by atoms with Crippen molar-refractivity contribution in [3.8, 4) is 0 Å². The molecule has 1 fully saturated rings. The summed E-state index contributed by atoms with van der Waals surface area (Å²) in [6.07, 6.45) is 5.59. The smallest absolute Gasteiger partial charge is 0.339 e. The van der Waals surface area contributed by atoms with Crippen molar-refractivity contribution in [1.82, 2.24) is 4.90 Å². The molecule has 2 aromatic carbocycles. The molecule has 0 heterocycles. The first-order valence-electron chi connectivity index (χ1n) is 11.5. The van der Waals surface area contributed by atoms with Crippen LogP contribution in [0.5, 0.6) is 0 Å². The van der Waals surface area contributed by atoms with E-state index >= 15 is 0 Å². The molecule has 3 rings (SSSR count). The zero-order chi connectivity index (χ0) is 25.2. The van der Waals surface area contributed by atoms with Crippen molar-refractivity contribution >= 4 is 41.2 Å². The van der Waals surface area contributed by atoms with Crippen LogP contribution in [-0.2, 0) is 19.1 Å². The predicted molar refractivity (Wildman–Crippen MR) is 134 cm³/mol. The van der Waals surface area contributed by atoms with Gasteiger partial charge in [0.2, 0.25) is 5.91 Å². The molecular weight excluding hydrogens is 468 g/mol. The molecular formula is C26H30N2O6S. The van der Waals surface area contributed by atoms with E-state index in [0.29, 0.717) is 21.7 Å². The Hall–Kier alpha value is -3.33. The Morgan fingerprint density at radius 3 is 2.34 bits per heavy atom. The van der Waals surface area contributed by atoms with Crippen LogP contribution in [0, 0.1) is 0 Å². The van der Waals surface area contributed by atoms with Crippen LogP contribution in [0.3, 0.4) is 0 Å². The summed E-state index contributed by atoms with van der Waals surface area (Å²) in [5.74, 6) is -1.38. The van der Waals surface area contributed by atoms with Crippen molar-refractivity contribution in [3.05, 3.63) is 59.7 Å². The second-order valence-electron chi connectivity index (χ2n) is 8.27. The fraction of sp³-hybridized carbons (Fsp3) is 0.385. The molecule has 1 aliphatic rings. The molecule has 1 N–H and O–H groups in total. The van der Waals surface area contributed by atoms with E-state index in [2.05, 4.69) is 10.1 Å². The number of nitrogens with one attached hydrogen (secondary N) is 1. The molecule has 0 spiro atoms. The van der Waals surface area contributed by atoms with Crippen molar-refractivity contribution in [1.29, 1.82) is 0 Å². The normalized spacial score (nSPS) is 13.5. The summed E-state index contributed by atoms with van der Waals surface area (Å²) in [7, 11) is 3.14. The van der Waals surface area contributed by atoms with Crippen molar-refractivity contribution in [2.24, 2.45) is 0 Å². The van der Waals surface area contributed by atoms with Gasteiger partial charge in [0.25, 0.3) is 5.91 Å². The van der Waals surface area contributed by atoms with Crippen LogP contribution >= 0.6 is 11.8 Å². The summed E-state index contributed by atoms with van der Waals surface area (Å²) >= 11 is 1.29. The Balaban J connectivity index is 1.51. The highest BCUT2D eigenvalue weighted by Gasteiger charge is 2.23. The Bertz CT molecular complexity index is 1050. The highest BCUT2D eigenvalue weighted by molar-refractivity contribution is 8.00. The third-order valence-electron chi connectivity index (χ3n) is 5.90. The number of nitrogens with zero attached hydrogens (tertiary/aromatic N) is 1. The van der Waals surface area contributed by atoms with E-state index in [0.717, 1.165) is 25.7 Å². The second-order valence-corrected chi connectivity index (χ2v) is 9.29. The number of amides is 2. The number of methoxy groups -OCH3 is 1. The van der Waals surface area contributed by atoms with Crippen LogP contribution in [-0.4, -0.2) is 61.2 Å². The fourth-order valence-electron chi connectivity index (χ4n) is 3.89. The maximum atomic E-state index is 12.7. The quantitative estimate of drug-likeness (QED) is 0.409. The van der Waals surface area contributed by atoms with Crippen molar-refractivity contribution in [2.75, 3.05) is 31.8 Å².